The molecule has 1 aliphatic rings. The Morgan fingerprint density at radius 3 is 2.95 bits per heavy atom. The molecule has 1 aliphatic heterocycles. The van der Waals surface area contributed by atoms with E-state index in [2.05, 4.69) is 32.4 Å². The molecule has 2 amide bonds. The van der Waals surface area contributed by atoms with Crippen molar-refractivity contribution >= 4 is 11.8 Å². The smallest absolute Gasteiger partial charge is 0.271 e. The third-order valence-corrected chi connectivity index (χ3v) is 3.87. The van der Waals surface area contributed by atoms with Gasteiger partial charge < -0.3 is 10.6 Å². The molecular weight excluding hydrogens is 282 g/mol. The van der Waals surface area contributed by atoms with E-state index in [1.165, 1.54) is 25.0 Å². The summed E-state index contributed by atoms with van der Waals surface area (Å²) in [5, 5.41) is 5.61. The molecule has 1 fully saturated rings. The molecule has 2 N–H and O–H groups in total. The minimum Gasteiger partial charge on any atom is -0.354 e. The zero-order chi connectivity index (χ0) is 15.8. The molecule has 1 saturated heterocycles. The molecule has 7 nitrogen and oxygen atoms in total. The zero-order valence-electron chi connectivity index (χ0n) is 12.9. The van der Waals surface area contributed by atoms with Crippen molar-refractivity contribution in [1.82, 2.24) is 25.5 Å². The number of nitrogens with zero attached hydrogens (tertiary/aromatic N) is 3. The van der Waals surface area contributed by atoms with Gasteiger partial charge in [-0.3, -0.25) is 19.5 Å². The molecule has 2 rings (SSSR count). The number of likely N-dealkylation sites (N-methyl/N-ethyl adjacent to an activating group) is 1. The molecule has 7 heteroatoms. The first-order valence-corrected chi connectivity index (χ1v) is 7.75. The van der Waals surface area contributed by atoms with Crippen molar-refractivity contribution in [3.8, 4) is 0 Å². The van der Waals surface area contributed by atoms with E-state index >= 15 is 0 Å². The van der Waals surface area contributed by atoms with Gasteiger partial charge in [-0.2, -0.15) is 0 Å². The monoisotopic (exact) mass is 305 g/mol. The minimum atomic E-state index is -0.311. The lowest BCUT2D eigenvalue weighted by Gasteiger charge is -2.22. The Kier molecular flexibility index (Phi) is 6.27. The van der Waals surface area contributed by atoms with Crippen molar-refractivity contribution in [2.24, 2.45) is 0 Å². The van der Waals surface area contributed by atoms with Gasteiger partial charge in [-0.15, -0.1) is 0 Å². The molecule has 0 unspecified atom stereocenters. The van der Waals surface area contributed by atoms with E-state index in [0.717, 1.165) is 19.5 Å². The zero-order valence-corrected chi connectivity index (χ0v) is 12.9. The van der Waals surface area contributed by atoms with Gasteiger partial charge in [0.05, 0.1) is 6.20 Å². The molecule has 0 radical (unpaired) electrons. The number of rotatable bonds is 7. The van der Waals surface area contributed by atoms with Gasteiger partial charge in [0.15, 0.2) is 0 Å². The van der Waals surface area contributed by atoms with Gasteiger partial charge in [0.25, 0.3) is 5.91 Å². The number of nitrogens with one attached hydrogen (secondary N) is 2. The first-order valence-electron chi connectivity index (χ1n) is 7.75. The van der Waals surface area contributed by atoms with Gasteiger partial charge in [0, 0.05) is 37.9 Å². The fourth-order valence-corrected chi connectivity index (χ4v) is 2.66. The molecule has 0 saturated carbocycles. The predicted octanol–water partition coefficient (Wildman–Crippen LogP) is 0.197. The van der Waals surface area contributed by atoms with Crippen LogP contribution in [-0.2, 0) is 4.79 Å². The second-order valence-corrected chi connectivity index (χ2v) is 5.33. The van der Waals surface area contributed by atoms with Crippen LogP contribution in [-0.4, -0.2) is 58.9 Å². The van der Waals surface area contributed by atoms with Crippen molar-refractivity contribution in [3.63, 3.8) is 0 Å². The normalized spacial score (nSPS) is 18.1. The molecular formula is C15H23N5O2. The van der Waals surface area contributed by atoms with Crippen molar-refractivity contribution in [3.05, 3.63) is 24.3 Å². The van der Waals surface area contributed by atoms with Crippen molar-refractivity contribution in [1.29, 1.82) is 0 Å². The summed E-state index contributed by atoms with van der Waals surface area (Å²) < 4.78 is 0. The van der Waals surface area contributed by atoms with Gasteiger partial charge in [-0.05, 0) is 25.9 Å². The van der Waals surface area contributed by atoms with E-state index in [-0.39, 0.29) is 23.9 Å². The van der Waals surface area contributed by atoms with Gasteiger partial charge in [0.2, 0.25) is 5.91 Å². The van der Waals surface area contributed by atoms with Crippen molar-refractivity contribution < 1.29 is 9.59 Å². The second kappa shape index (κ2) is 8.43. The van der Waals surface area contributed by atoms with Crippen molar-refractivity contribution in [2.45, 2.75) is 32.2 Å². The third kappa shape index (κ3) is 4.77. The van der Waals surface area contributed by atoms with Crippen LogP contribution < -0.4 is 10.6 Å². The number of hydrogen-bond acceptors (Lipinski definition) is 5. The molecule has 120 valence electrons. The summed E-state index contributed by atoms with van der Waals surface area (Å²) in [5.74, 6) is -0.351. The summed E-state index contributed by atoms with van der Waals surface area (Å²) in [4.78, 5) is 33.6. The maximum absolute atomic E-state index is 11.8. The molecule has 0 aromatic carbocycles. The Hall–Kier alpha value is -2.02. The molecule has 22 heavy (non-hydrogen) atoms. The van der Waals surface area contributed by atoms with Crippen LogP contribution >= 0.6 is 0 Å². The Balaban J connectivity index is 1.63. The summed E-state index contributed by atoms with van der Waals surface area (Å²) in [6.07, 6.45) is 6.97. The van der Waals surface area contributed by atoms with Gasteiger partial charge >= 0.3 is 0 Å². The second-order valence-electron chi connectivity index (χ2n) is 5.33. The molecule has 2 heterocycles. The largest absolute Gasteiger partial charge is 0.354 e. The topological polar surface area (TPSA) is 87.2 Å². The fraction of sp³-hybridized carbons (Fsp3) is 0.600. The quantitative estimate of drug-likeness (QED) is 0.751. The lowest BCUT2D eigenvalue weighted by molar-refractivity contribution is -0.121. The Labute approximate surface area is 130 Å². The predicted molar refractivity (Wildman–Crippen MR) is 82.3 cm³/mol. The van der Waals surface area contributed by atoms with Crippen molar-refractivity contribution in [2.75, 3.05) is 26.2 Å². The molecule has 1 aromatic rings. The molecule has 0 bridgehead atoms. The standard InChI is InChI=1S/C15H23N5O2/c1-2-20-9-3-4-12(20)10-19-14(21)5-6-18-15(22)13-11-16-7-8-17-13/h7-8,11-12H,2-6,9-10H2,1H3,(H,18,22)(H,19,21)/t12-/m1/s1. The van der Waals surface area contributed by atoms with E-state index in [1.807, 2.05) is 0 Å². The van der Waals surface area contributed by atoms with Gasteiger partial charge in [-0.25, -0.2) is 4.98 Å². The fourth-order valence-electron chi connectivity index (χ4n) is 2.66. The number of carbonyl (C=O) groups excluding carboxylic acids is 2. The number of carbonyl (C=O) groups is 2. The lowest BCUT2D eigenvalue weighted by Crippen LogP contribution is -2.40. The van der Waals surface area contributed by atoms with Gasteiger partial charge in [-0.1, -0.05) is 6.92 Å². The summed E-state index contributed by atoms with van der Waals surface area (Å²) in [6.45, 7) is 5.26. The number of likely N-dealkylation sites (tertiary alicyclic amines) is 1. The summed E-state index contributed by atoms with van der Waals surface area (Å²) in [7, 11) is 0. The summed E-state index contributed by atoms with van der Waals surface area (Å²) >= 11 is 0. The molecule has 0 aliphatic carbocycles. The Bertz CT molecular complexity index is 494. The average molecular weight is 305 g/mol. The highest BCUT2D eigenvalue weighted by atomic mass is 16.2. The first kappa shape index (κ1) is 16.4. The van der Waals surface area contributed by atoms with Gasteiger partial charge in [0.1, 0.15) is 5.69 Å². The van der Waals surface area contributed by atoms with Crippen LogP contribution in [0.2, 0.25) is 0 Å². The maximum atomic E-state index is 11.8. The van der Waals surface area contributed by atoms with Crippen LogP contribution in [0.25, 0.3) is 0 Å². The van der Waals surface area contributed by atoms with Crippen LogP contribution in [0.4, 0.5) is 0 Å². The first-order chi connectivity index (χ1) is 10.7. The lowest BCUT2D eigenvalue weighted by atomic mass is 10.2. The third-order valence-electron chi connectivity index (χ3n) is 3.87. The van der Waals surface area contributed by atoms with E-state index in [1.54, 1.807) is 0 Å². The number of hydrogen-bond donors (Lipinski definition) is 2. The maximum Gasteiger partial charge on any atom is 0.271 e. The van der Waals surface area contributed by atoms with E-state index in [4.69, 9.17) is 0 Å². The van der Waals surface area contributed by atoms with E-state index < -0.39 is 0 Å². The SMILES string of the molecule is CCN1CCC[C@@H]1CNC(=O)CCNC(=O)c1cnccn1. The van der Waals surface area contributed by atoms with Crippen LogP contribution in [0, 0.1) is 0 Å². The Morgan fingerprint density at radius 1 is 1.36 bits per heavy atom. The Morgan fingerprint density at radius 2 is 2.23 bits per heavy atom. The highest BCUT2D eigenvalue weighted by Crippen LogP contribution is 2.15. The van der Waals surface area contributed by atoms with Crippen LogP contribution in [0.3, 0.4) is 0 Å². The van der Waals surface area contributed by atoms with Crippen LogP contribution in [0.1, 0.15) is 36.7 Å². The highest BCUT2D eigenvalue weighted by molar-refractivity contribution is 5.92. The molecule has 1 aromatic heterocycles. The molecule has 1 atom stereocenters. The molecule has 0 spiro atoms. The minimum absolute atomic E-state index is 0.0394. The summed E-state index contributed by atoms with van der Waals surface area (Å²) in [5.41, 5.74) is 0.257. The number of amides is 2. The number of aromatic nitrogens is 2. The highest BCUT2D eigenvalue weighted by Gasteiger charge is 2.22. The average Bonchev–Trinajstić information content (AvgIpc) is 3.01. The summed E-state index contributed by atoms with van der Waals surface area (Å²) in [6, 6.07) is 0.447. The van der Waals surface area contributed by atoms with Crippen LogP contribution in [0.15, 0.2) is 18.6 Å². The van der Waals surface area contributed by atoms with E-state index in [9.17, 15) is 9.59 Å². The van der Waals surface area contributed by atoms with E-state index in [0.29, 0.717) is 19.1 Å². The van der Waals surface area contributed by atoms with Crippen LogP contribution in [0.5, 0.6) is 0 Å².